The molecule has 280 valence electrons. The van der Waals surface area contributed by atoms with Crippen LogP contribution in [0.4, 0.5) is 0 Å². The van der Waals surface area contributed by atoms with E-state index in [0.717, 1.165) is 42.3 Å². The Hall–Kier alpha value is -4.24. The third-order valence-electron chi connectivity index (χ3n) is 7.88. The number of hydrogen-bond donors (Lipinski definition) is 3. The predicted molar refractivity (Wildman–Crippen MR) is 212 cm³/mol. The van der Waals surface area contributed by atoms with Crippen molar-refractivity contribution in [2.24, 2.45) is 5.92 Å². The van der Waals surface area contributed by atoms with Crippen LogP contribution in [0.1, 0.15) is 103 Å². The maximum Gasteiger partial charge on any atom is 0.226 e. The summed E-state index contributed by atoms with van der Waals surface area (Å²) < 4.78 is 0. The van der Waals surface area contributed by atoms with Crippen LogP contribution in [-0.2, 0) is 44.9 Å². The molecule has 0 radical (unpaired) electrons. The van der Waals surface area contributed by atoms with Gasteiger partial charge in [-0.15, -0.1) is 11.3 Å². The second-order valence-corrected chi connectivity index (χ2v) is 13.7. The summed E-state index contributed by atoms with van der Waals surface area (Å²) >= 11 is 1.85. The largest absolute Gasteiger partial charge is 0.508 e. The first-order valence-electron chi connectivity index (χ1n) is 18.3. The second kappa shape index (κ2) is 25.7. The number of benzene rings is 2. The number of aryl methyl sites for hydroxylation is 3. The number of H-pyrrole nitrogens is 1. The number of aromatic nitrogens is 1. The molecule has 51 heavy (non-hydrogen) atoms. The topological polar surface area (TPSA) is 120 Å². The van der Waals surface area contributed by atoms with Crippen molar-refractivity contribution in [2.75, 3.05) is 19.6 Å². The first kappa shape index (κ1) is 44.8. The number of Topliss-reactive ketones (excluding diaryl/α,β-unsaturated/α-hetero) is 2. The van der Waals surface area contributed by atoms with E-state index in [0.29, 0.717) is 25.1 Å². The van der Waals surface area contributed by atoms with E-state index in [4.69, 9.17) is 0 Å². The third kappa shape index (κ3) is 18.5. The van der Waals surface area contributed by atoms with Crippen molar-refractivity contribution in [3.8, 4) is 5.75 Å². The molecule has 0 aliphatic heterocycles. The standard InChI is InChI=1S/C19H27NO3.C11H13NO.C7H10S.C5H11NO/c1-5-17-6-8-18(9-7-17)10-11-20(13-16(4)22)19(23)14(2)12-15(3)21;1-2-3-8-7-12-11-5-4-9(13)6-10(8)11;1-2-4-7-5-3-6-8-7;1-3-5(7)6-4-2/h6-9,14H,5,10-13H2,1-4H3;4-7,12-13H,2-3H2,1H3;3,5-6H,2,4H2,1H3;3-4H2,1-2H3,(H,6,7). The van der Waals surface area contributed by atoms with Crippen molar-refractivity contribution in [3.63, 3.8) is 0 Å². The number of ketones is 2. The minimum Gasteiger partial charge on any atom is -0.508 e. The number of nitrogens with one attached hydrogen (secondary N) is 2. The highest BCUT2D eigenvalue weighted by Gasteiger charge is 2.22. The molecule has 0 spiro atoms. The Balaban J connectivity index is 0.000000386. The number of hydrogen-bond acceptors (Lipinski definition) is 6. The van der Waals surface area contributed by atoms with Gasteiger partial charge in [-0.25, -0.2) is 0 Å². The normalized spacial score (nSPS) is 10.7. The van der Waals surface area contributed by atoms with Crippen LogP contribution in [0.15, 0.2) is 66.2 Å². The monoisotopic (exact) mass is 719 g/mol. The van der Waals surface area contributed by atoms with Gasteiger partial charge in [0.25, 0.3) is 0 Å². The van der Waals surface area contributed by atoms with Crippen molar-refractivity contribution in [1.29, 1.82) is 0 Å². The van der Waals surface area contributed by atoms with Gasteiger partial charge in [0.1, 0.15) is 17.3 Å². The van der Waals surface area contributed by atoms with E-state index >= 15 is 0 Å². The summed E-state index contributed by atoms with van der Waals surface area (Å²) in [5, 5.41) is 15.3. The number of nitrogens with zero attached hydrogens (tertiary/aromatic N) is 1. The van der Waals surface area contributed by atoms with Crippen LogP contribution in [0.3, 0.4) is 0 Å². The molecule has 8 nitrogen and oxygen atoms in total. The molecule has 3 N–H and O–H groups in total. The van der Waals surface area contributed by atoms with E-state index in [1.807, 2.05) is 43.5 Å². The molecule has 2 amide bonds. The van der Waals surface area contributed by atoms with Crippen LogP contribution in [0.25, 0.3) is 10.9 Å². The minimum atomic E-state index is -0.380. The van der Waals surface area contributed by atoms with Crippen molar-refractivity contribution in [1.82, 2.24) is 15.2 Å². The number of aromatic hydroxyl groups is 1. The number of carbonyl (C=O) groups excluding carboxylic acids is 4. The minimum absolute atomic E-state index is 0.0104. The molecular weight excluding hydrogens is 659 g/mol. The van der Waals surface area contributed by atoms with E-state index in [-0.39, 0.29) is 42.3 Å². The molecule has 1 unspecified atom stereocenters. The summed E-state index contributed by atoms with van der Waals surface area (Å²) in [6.45, 7) is 16.3. The maximum atomic E-state index is 12.5. The molecule has 2 aromatic heterocycles. The lowest BCUT2D eigenvalue weighted by Gasteiger charge is -2.24. The van der Waals surface area contributed by atoms with E-state index in [2.05, 4.69) is 72.9 Å². The van der Waals surface area contributed by atoms with Gasteiger partial charge in [-0.3, -0.25) is 14.4 Å². The van der Waals surface area contributed by atoms with Crippen molar-refractivity contribution in [3.05, 3.63) is 87.7 Å². The number of thiophene rings is 1. The van der Waals surface area contributed by atoms with Gasteiger partial charge in [0, 0.05) is 53.8 Å². The first-order valence-corrected chi connectivity index (χ1v) is 19.2. The first-order chi connectivity index (χ1) is 24.4. The molecule has 4 aromatic rings. The van der Waals surface area contributed by atoms with Crippen LogP contribution >= 0.6 is 11.3 Å². The lowest BCUT2D eigenvalue weighted by Crippen LogP contribution is -2.40. The Labute approximate surface area is 310 Å². The highest BCUT2D eigenvalue weighted by molar-refractivity contribution is 7.09. The fourth-order valence-corrected chi connectivity index (χ4v) is 6.05. The molecule has 0 aliphatic rings. The highest BCUT2D eigenvalue weighted by Crippen LogP contribution is 2.23. The van der Waals surface area contributed by atoms with Crippen molar-refractivity contribution in [2.45, 2.75) is 107 Å². The summed E-state index contributed by atoms with van der Waals surface area (Å²) in [6.07, 6.45) is 9.23. The predicted octanol–water partition coefficient (Wildman–Crippen LogP) is 8.88. The molecule has 4 rings (SSSR count). The zero-order chi connectivity index (χ0) is 38.2. The van der Waals surface area contributed by atoms with Crippen molar-refractivity contribution >= 4 is 45.6 Å². The van der Waals surface area contributed by atoms with Crippen LogP contribution in [0.2, 0.25) is 0 Å². The van der Waals surface area contributed by atoms with E-state index < -0.39 is 0 Å². The van der Waals surface area contributed by atoms with Crippen LogP contribution < -0.4 is 5.32 Å². The number of aromatic amines is 1. The Morgan fingerprint density at radius 3 is 2.04 bits per heavy atom. The molecule has 2 aromatic carbocycles. The van der Waals surface area contributed by atoms with Gasteiger partial charge in [-0.05, 0) is 92.8 Å². The molecule has 0 bridgehead atoms. The van der Waals surface area contributed by atoms with E-state index in [9.17, 15) is 24.3 Å². The zero-order valence-electron chi connectivity index (χ0n) is 32.1. The Morgan fingerprint density at radius 2 is 1.53 bits per heavy atom. The molecule has 0 saturated heterocycles. The molecular formula is C42H61N3O5S. The average Bonchev–Trinajstić information content (AvgIpc) is 3.77. The molecule has 0 fully saturated rings. The quantitative estimate of drug-likeness (QED) is 0.113. The SMILES string of the molecule is CCCc1c[nH]c2ccc(O)cc12.CCCc1cccs1.CCNC(=O)CC.CCc1ccc(CCN(CC(C)=O)C(=O)C(C)CC(C)=O)cc1. The molecule has 1 atom stereocenters. The summed E-state index contributed by atoms with van der Waals surface area (Å²) in [4.78, 5) is 51.7. The summed E-state index contributed by atoms with van der Waals surface area (Å²) in [5.41, 5.74) is 4.80. The second-order valence-electron chi connectivity index (χ2n) is 12.6. The average molecular weight is 720 g/mol. The number of rotatable bonds is 15. The van der Waals surface area contributed by atoms with E-state index in [1.165, 1.54) is 42.7 Å². The van der Waals surface area contributed by atoms with Crippen LogP contribution in [-0.4, -0.2) is 58.0 Å². The third-order valence-corrected chi connectivity index (χ3v) is 8.82. The fraction of sp³-hybridized carbons (Fsp3) is 0.476. The lowest BCUT2D eigenvalue weighted by atomic mass is 10.0. The van der Waals surface area contributed by atoms with Gasteiger partial charge in [-0.2, -0.15) is 0 Å². The van der Waals surface area contributed by atoms with Gasteiger partial charge in [0.2, 0.25) is 11.8 Å². The summed E-state index contributed by atoms with van der Waals surface area (Å²) in [7, 11) is 0. The number of phenolic OH excluding ortho intramolecular Hbond substituents is 1. The smallest absolute Gasteiger partial charge is 0.226 e. The Bertz CT molecular complexity index is 1580. The van der Waals surface area contributed by atoms with Gasteiger partial charge in [0.15, 0.2) is 0 Å². The molecule has 9 heteroatoms. The molecule has 0 aliphatic carbocycles. The van der Waals surface area contributed by atoms with Crippen LogP contribution in [0, 0.1) is 5.92 Å². The lowest BCUT2D eigenvalue weighted by molar-refractivity contribution is -0.139. The Kier molecular flexibility index (Phi) is 22.5. The zero-order valence-corrected chi connectivity index (χ0v) is 33.0. The highest BCUT2D eigenvalue weighted by atomic mass is 32.1. The fourth-order valence-electron chi connectivity index (χ4n) is 5.24. The van der Waals surface area contributed by atoms with Gasteiger partial charge >= 0.3 is 0 Å². The molecule has 2 heterocycles. The van der Waals surface area contributed by atoms with Gasteiger partial charge < -0.3 is 25.1 Å². The summed E-state index contributed by atoms with van der Waals surface area (Å²) in [6, 6.07) is 18.0. The van der Waals surface area contributed by atoms with Crippen molar-refractivity contribution < 1.29 is 24.3 Å². The summed E-state index contributed by atoms with van der Waals surface area (Å²) in [5.74, 6) is -0.0969. The van der Waals surface area contributed by atoms with Gasteiger partial charge in [-0.1, -0.05) is 77.8 Å². The number of carbonyl (C=O) groups is 4. The number of fused-ring (bicyclic) bond motifs is 1. The van der Waals surface area contributed by atoms with E-state index in [1.54, 1.807) is 17.9 Å². The number of phenols is 1. The maximum absolute atomic E-state index is 12.5. The number of amides is 2. The Morgan fingerprint density at radius 1 is 0.863 bits per heavy atom. The van der Waals surface area contributed by atoms with Crippen LogP contribution in [0.5, 0.6) is 5.75 Å². The van der Waals surface area contributed by atoms with Gasteiger partial charge in [0.05, 0.1) is 6.54 Å². The molecule has 0 saturated carbocycles.